The highest BCUT2D eigenvalue weighted by Crippen LogP contribution is 1.89. The van der Waals surface area contributed by atoms with E-state index in [-0.39, 0.29) is 12.2 Å². The fraction of sp³-hybridized carbons (Fsp3) is 0.500. The van der Waals surface area contributed by atoms with Crippen LogP contribution in [0.1, 0.15) is 13.3 Å². The molecule has 0 amide bonds. The summed E-state index contributed by atoms with van der Waals surface area (Å²) in [4.78, 5) is 28.9. The summed E-state index contributed by atoms with van der Waals surface area (Å²) in [6, 6.07) is 0. The number of nitrogens with one attached hydrogen (secondary N) is 1. The van der Waals surface area contributed by atoms with Crippen LogP contribution in [0.25, 0.3) is 0 Å². The van der Waals surface area contributed by atoms with Gasteiger partial charge < -0.3 is 0 Å². The zero-order valence-corrected chi connectivity index (χ0v) is 6.34. The molecule has 0 aliphatic heterocycles. The quantitative estimate of drug-likeness (QED) is 0.358. The van der Waals surface area contributed by atoms with Crippen LogP contribution in [0.5, 0.6) is 0 Å². The van der Waals surface area contributed by atoms with Crippen molar-refractivity contribution in [1.29, 1.82) is 5.41 Å². The van der Waals surface area contributed by atoms with Crippen LogP contribution in [0.15, 0.2) is 0 Å². The molecular weight excluding hydrogens is 150 g/mol. The van der Waals surface area contributed by atoms with Gasteiger partial charge in [-0.1, -0.05) is 0 Å². The number of carbonyl (C=O) groups is 2. The highest BCUT2D eigenvalue weighted by Gasteiger charge is 2.12. The molecule has 1 N–H and O–H groups in total. The van der Waals surface area contributed by atoms with Crippen LogP contribution in [-0.4, -0.2) is 24.6 Å². The Morgan fingerprint density at radius 2 is 2.00 bits per heavy atom. The van der Waals surface area contributed by atoms with Crippen molar-refractivity contribution in [3.8, 4) is 0 Å². The molecule has 0 aromatic carbocycles. The maximum Gasteiger partial charge on any atom is 0.386 e. The molecule has 0 aromatic heterocycles. The van der Waals surface area contributed by atoms with Gasteiger partial charge in [0, 0.05) is 0 Å². The van der Waals surface area contributed by atoms with Crippen LogP contribution in [0.2, 0.25) is 0 Å². The van der Waals surface area contributed by atoms with Gasteiger partial charge in [-0.05, 0) is 6.92 Å². The van der Waals surface area contributed by atoms with Gasteiger partial charge >= 0.3 is 5.97 Å². The Labute approximate surface area is 63.7 Å². The summed E-state index contributed by atoms with van der Waals surface area (Å²) in [5, 5.41) is 6.95. The lowest BCUT2D eigenvalue weighted by Crippen LogP contribution is -2.18. The molecule has 0 atom stereocenters. The zero-order chi connectivity index (χ0) is 8.85. The molecule has 0 rings (SSSR count). The Bertz CT molecular complexity index is 187. The average molecular weight is 159 g/mol. The van der Waals surface area contributed by atoms with E-state index in [1.165, 1.54) is 6.92 Å². The van der Waals surface area contributed by atoms with Crippen molar-refractivity contribution in [1.82, 2.24) is 0 Å². The molecule has 0 saturated heterocycles. The molecule has 0 spiro atoms. The van der Waals surface area contributed by atoms with Gasteiger partial charge in [0.2, 0.25) is 0 Å². The first-order valence-corrected chi connectivity index (χ1v) is 2.89. The van der Waals surface area contributed by atoms with E-state index < -0.39 is 11.7 Å². The summed E-state index contributed by atoms with van der Waals surface area (Å²) in [7, 11) is 1.15. The number of ketones is 1. The molecular formula is C6H9NO4. The molecule has 5 heteroatoms. The lowest BCUT2D eigenvalue weighted by atomic mass is 10.2. The van der Waals surface area contributed by atoms with Crippen LogP contribution in [-0.2, 0) is 19.4 Å². The van der Waals surface area contributed by atoms with Crippen molar-refractivity contribution in [2.75, 3.05) is 7.11 Å². The van der Waals surface area contributed by atoms with E-state index in [2.05, 4.69) is 9.78 Å². The predicted octanol–water partition coefficient (Wildman–Crippen LogP) is 0.0899. The number of rotatable bonds is 4. The van der Waals surface area contributed by atoms with Gasteiger partial charge in [-0.2, -0.15) is 4.89 Å². The third-order valence-corrected chi connectivity index (χ3v) is 0.831. The van der Waals surface area contributed by atoms with E-state index in [4.69, 9.17) is 5.41 Å². The minimum atomic E-state index is -0.928. The van der Waals surface area contributed by atoms with E-state index in [1.54, 1.807) is 0 Å². The number of carbonyl (C=O) groups excluding carboxylic acids is 2. The summed E-state index contributed by atoms with van der Waals surface area (Å²) >= 11 is 0. The molecule has 62 valence electrons. The molecule has 0 aliphatic carbocycles. The van der Waals surface area contributed by atoms with E-state index in [0.717, 1.165) is 7.11 Å². The average Bonchev–Trinajstić information content (AvgIpc) is 1.86. The summed E-state index contributed by atoms with van der Waals surface area (Å²) in [5.74, 6) is -1.19. The lowest BCUT2D eigenvalue weighted by molar-refractivity contribution is -0.247. The zero-order valence-electron chi connectivity index (χ0n) is 6.34. The molecule has 0 saturated carbocycles. The Morgan fingerprint density at radius 3 is 2.36 bits per heavy atom. The molecule has 0 radical (unpaired) electrons. The maximum atomic E-state index is 10.6. The Balaban J connectivity index is 3.83. The fourth-order valence-electron chi connectivity index (χ4n) is 0.447. The highest BCUT2D eigenvalue weighted by atomic mass is 17.2. The van der Waals surface area contributed by atoms with Crippen molar-refractivity contribution >= 4 is 17.5 Å². The van der Waals surface area contributed by atoms with Crippen LogP contribution < -0.4 is 0 Å². The molecule has 0 heterocycles. The molecule has 5 nitrogen and oxygen atoms in total. The van der Waals surface area contributed by atoms with Gasteiger partial charge in [-0.25, -0.2) is 4.79 Å². The van der Waals surface area contributed by atoms with E-state index >= 15 is 0 Å². The summed E-state index contributed by atoms with van der Waals surface area (Å²) in [5.41, 5.74) is -0.403. The summed E-state index contributed by atoms with van der Waals surface area (Å²) in [6.07, 6.45) is -0.220. The Kier molecular flexibility index (Phi) is 4.05. The first-order valence-electron chi connectivity index (χ1n) is 2.89. The van der Waals surface area contributed by atoms with Crippen LogP contribution in [0.4, 0.5) is 0 Å². The molecule has 0 aliphatic rings. The fourth-order valence-corrected chi connectivity index (χ4v) is 0.447. The van der Waals surface area contributed by atoms with Gasteiger partial charge in [0.1, 0.15) is 11.5 Å². The Morgan fingerprint density at radius 1 is 1.45 bits per heavy atom. The van der Waals surface area contributed by atoms with Crippen LogP contribution >= 0.6 is 0 Å². The Hall–Kier alpha value is -1.23. The predicted molar refractivity (Wildman–Crippen MR) is 36.1 cm³/mol. The largest absolute Gasteiger partial charge is 0.386 e. The van der Waals surface area contributed by atoms with Crippen molar-refractivity contribution in [3.05, 3.63) is 0 Å². The van der Waals surface area contributed by atoms with Gasteiger partial charge in [0.05, 0.1) is 13.5 Å². The third-order valence-electron chi connectivity index (χ3n) is 0.831. The monoisotopic (exact) mass is 159 g/mol. The van der Waals surface area contributed by atoms with E-state index in [0.29, 0.717) is 0 Å². The number of Topliss-reactive ketones (excluding diaryl/α,β-unsaturated/α-hetero) is 1. The third kappa shape index (κ3) is 4.21. The van der Waals surface area contributed by atoms with E-state index in [1.807, 2.05) is 0 Å². The standard InChI is InChI=1S/C6H9NO4/c1-4(8)3-5(7)6(9)11-10-2/h7H,3H2,1-2H3. The lowest BCUT2D eigenvalue weighted by Gasteiger charge is -1.98. The molecule has 0 fully saturated rings. The van der Waals surface area contributed by atoms with Crippen LogP contribution in [0.3, 0.4) is 0 Å². The minimum absolute atomic E-state index is 0.220. The highest BCUT2D eigenvalue weighted by molar-refractivity contribution is 6.38. The minimum Gasteiger partial charge on any atom is -0.300 e. The van der Waals surface area contributed by atoms with Crippen molar-refractivity contribution in [2.45, 2.75) is 13.3 Å². The maximum absolute atomic E-state index is 10.6. The number of hydrogen-bond donors (Lipinski definition) is 1. The van der Waals surface area contributed by atoms with Gasteiger partial charge in [0.15, 0.2) is 0 Å². The van der Waals surface area contributed by atoms with Crippen molar-refractivity contribution in [2.24, 2.45) is 0 Å². The van der Waals surface area contributed by atoms with Crippen molar-refractivity contribution in [3.63, 3.8) is 0 Å². The second-order valence-electron chi connectivity index (χ2n) is 1.89. The first-order chi connectivity index (χ1) is 5.07. The summed E-state index contributed by atoms with van der Waals surface area (Å²) < 4.78 is 0. The van der Waals surface area contributed by atoms with Crippen molar-refractivity contribution < 1.29 is 19.4 Å². The van der Waals surface area contributed by atoms with Gasteiger partial charge in [0.25, 0.3) is 0 Å². The van der Waals surface area contributed by atoms with Gasteiger partial charge in [-0.3, -0.25) is 15.1 Å². The summed E-state index contributed by atoms with van der Waals surface area (Å²) in [6.45, 7) is 1.29. The topological polar surface area (TPSA) is 76.5 Å². The molecule has 0 unspecified atom stereocenters. The normalized spacial score (nSPS) is 8.91. The first kappa shape index (κ1) is 9.77. The SMILES string of the molecule is COOC(=O)C(=N)CC(C)=O. The van der Waals surface area contributed by atoms with Gasteiger partial charge in [-0.15, -0.1) is 0 Å². The smallest absolute Gasteiger partial charge is 0.300 e. The van der Waals surface area contributed by atoms with E-state index in [9.17, 15) is 9.59 Å². The second kappa shape index (κ2) is 4.56. The molecule has 11 heavy (non-hydrogen) atoms. The molecule has 0 aromatic rings. The number of hydrogen-bond acceptors (Lipinski definition) is 5. The van der Waals surface area contributed by atoms with Crippen LogP contribution in [0, 0.1) is 5.41 Å². The molecule has 0 bridgehead atoms. The second-order valence-corrected chi connectivity index (χ2v) is 1.89.